The molecule has 0 heterocycles. The molecule has 0 bridgehead atoms. The highest BCUT2D eigenvalue weighted by molar-refractivity contribution is 7.98. The molecule has 1 aromatic rings. The van der Waals surface area contributed by atoms with Gasteiger partial charge < -0.3 is 10.2 Å². The van der Waals surface area contributed by atoms with Gasteiger partial charge in [0.1, 0.15) is 0 Å². The zero-order valence-electron chi connectivity index (χ0n) is 8.35. The van der Waals surface area contributed by atoms with Crippen LogP contribution in [0.1, 0.15) is 11.1 Å². The molecule has 15 heavy (non-hydrogen) atoms. The first kappa shape index (κ1) is 12.1. The summed E-state index contributed by atoms with van der Waals surface area (Å²) in [6.07, 6.45) is 0.0735. The predicted octanol–water partition coefficient (Wildman–Crippen LogP) is 1.54. The normalized spacial score (nSPS) is 10.2. The Morgan fingerprint density at radius 1 is 1.20 bits per heavy atom. The van der Waals surface area contributed by atoms with Gasteiger partial charge in [-0.2, -0.15) is 11.8 Å². The third kappa shape index (κ3) is 4.85. The summed E-state index contributed by atoms with van der Waals surface area (Å²) < 4.78 is 0. The van der Waals surface area contributed by atoms with E-state index in [1.54, 1.807) is 11.8 Å². The van der Waals surface area contributed by atoms with Gasteiger partial charge in [-0.1, -0.05) is 24.3 Å². The lowest BCUT2D eigenvalue weighted by molar-refractivity contribution is -0.136. The van der Waals surface area contributed by atoms with Gasteiger partial charge in [0.2, 0.25) is 0 Å². The Balaban J connectivity index is 2.45. The average Bonchev–Trinajstić information content (AvgIpc) is 2.20. The van der Waals surface area contributed by atoms with E-state index < -0.39 is 5.97 Å². The van der Waals surface area contributed by atoms with E-state index in [0.29, 0.717) is 0 Å². The minimum atomic E-state index is -0.808. The summed E-state index contributed by atoms with van der Waals surface area (Å²) in [4.78, 5) is 10.4. The zero-order chi connectivity index (χ0) is 11.1. The summed E-state index contributed by atoms with van der Waals surface area (Å²) in [5, 5.41) is 17.2. The van der Waals surface area contributed by atoms with Gasteiger partial charge in [0.15, 0.2) is 0 Å². The molecule has 0 atom stereocenters. The fraction of sp³-hybridized carbons (Fsp3) is 0.364. The Morgan fingerprint density at radius 3 is 2.33 bits per heavy atom. The Bertz CT molecular complexity index is 308. The van der Waals surface area contributed by atoms with Crippen LogP contribution >= 0.6 is 11.8 Å². The monoisotopic (exact) mass is 226 g/mol. The molecule has 4 heteroatoms. The maximum absolute atomic E-state index is 10.4. The van der Waals surface area contributed by atoms with Crippen LogP contribution < -0.4 is 0 Å². The molecule has 0 amide bonds. The van der Waals surface area contributed by atoms with Crippen LogP contribution in [0.15, 0.2) is 24.3 Å². The van der Waals surface area contributed by atoms with E-state index in [2.05, 4.69) is 0 Å². The van der Waals surface area contributed by atoms with Crippen LogP contribution in [-0.4, -0.2) is 28.5 Å². The van der Waals surface area contributed by atoms with Crippen LogP contribution in [0.2, 0.25) is 0 Å². The van der Waals surface area contributed by atoms with E-state index in [9.17, 15) is 4.79 Å². The highest BCUT2D eigenvalue weighted by Gasteiger charge is 2.00. The molecular formula is C11H14O3S. The minimum Gasteiger partial charge on any atom is -0.481 e. The highest BCUT2D eigenvalue weighted by atomic mass is 32.2. The Hall–Kier alpha value is -1.00. The van der Waals surface area contributed by atoms with E-state index in [-0.39, 0.29) is 13.0 Å². The summed E-state index contributed by atoms with van der Waals surface area (Å²) in [7, 11) is 0. The number of hydrogen-bond donors (Lipinski definition) is 2. The number of hydrogen-bond acceptors (Lipinski definition) is 3. The van der Waals surface area contributed by atoms with Crippen molar-refractivity contribution >= 4 is 17.7 Å². The van der Waals surface area contributed by atoms with Crippen molar-refractivity contribution in [1.29, 1.82) is 0 Å². The molecule has 0 aliphatic carbocycles. The van der Waals surface area contributed by atoms with Crippen molar-refractivity contribution in [2.75, 3.05) is 12.4 Å². The molecule has 82 valence electrons. The van der Waals surface area contributed by atoms with Crippen LogP contribution in [-0.2, 0) is 17.0 Å². The van der Waals surface area contributed by atoms with Gasteiger partial charge in [0, 0.05) is 11.5 Å². The predicted molar refractivity (Wildman–Crippen MR) is 61.0 cm³/mol. The molecule has 0 aliphatic rings. The number of carboxylic acids is 1. The highest BCUT2D eigenvalue weighted by Crippen LogP contribution is 2.12. The maximum atomic E-state index is 10.4. The lowest BCUT2D eigenvalue weighted by atomic mass is 10.1. The van der Waals surface area contributed by atoms with Gasteiger partial charge in [-0.15, -0.1) is 0 Å². The minimum absolute atomic E-state index is 0.0735. The summed E-state index contributed by atoms with van der Waals surface area (Å²) >= 11 is 1.66. The van der Waals surface area contributed by atoms with Crippen LogP contribution in [0.25, 0.3) is 0 Å². The van der Waals surface area contributed by atoms with Gasteiger partial charge in [-0.05, 0) is 11.1 Å². The number of aliphatic hydroxyl groups is 1. The second-order valence-electron chi connectivity index (χ2n) is 3.16. The standard InChI is InChI=1S/C11H14O3S/c12-5-6-15-8-10-3-1-9(2-4-10)7-11(13)14/h1-4,12H,5-8H2,(H,13,14). The van der Waals surface area contributed by atoms with Crippen molar-refractivity contribution in [2.24, 2.45) is 0 Å². The number of carboxylic acid groups (broad SMARTS) is 1. The maximum Gasteiger partial charge on any atom is 0.307 e. The van der Waals surface area contributed by atoms with Crippen molar-refractivity contribution in [3.63, 3.8) is 0 Å². The van der Waals surface area contributed by atoms with E-state index >= 15 is 0 Å². The van der Waals surface area contributed by atoms with E-state index in [0.717, 1.165) is 22.6 Å². The molecule has 0 aliphatic heterocycles. The summed E-state index contributed by atoms with van der Waals surface area (Å²) in [6, 6.07) is 7.54. The quantitative estimate of drug-likeness (QED) is 0.722. The van der Waals surface area contributed by atoms with Gasteiger partial charge in [0.25, 0.3) is 0 Å². The van der Waals surface area contributed by atoms with Crippen LogP contribution in [0.3, 0.4) is 0 Å². The molecular weight excluding hydrogens is 212 g/mol. The first-order chi connectivity index (χ1) is 7.22. The van der Waals surface area contributed by atoms with Gasteiger partial charge in [-0.25, -0.2) is 0 Å². The Kier molecular flexibility index (Phi) is 5.21. The second-order valence-corrected chi connectivity index (χ2v) is 4.27. The largest absolute Gasteiger partial charge is 0.481 e. The van der Waals surface area contributed by atoms with Gasteiger partial charge in [0.05, 0.1) is 13.0 Å². The Labute approximate surface area is 93.1 Å². The molecule has 1 rings (SSSR count). The first-order valence-corrected chi connectivity index (χ1v) is 5.86. The van der Waals surface area contributed by atoms with Crippen molar-refractivity contribution in [3.05, 3.63) is 35.4 Å². The fourth-order valence-electron chi connectivity index (χ4n) is 1.18. The van der Waals surface area contributed by atoms with Gasteiger partial charge >= 0.3 is 5.97 Å². The molecule has 0 saturated heterocycles. The topological polar surface area (TPSA) is 57.5 Å². The van der Waals surface area contributed by atoms with Crippen molar-refractivity contribution in [2.45, 2.75) is 12.2 Å². The van der Waals surface area contributed by atoms with E-state index in [1.807, 2.05) is 24.3 Å². The van der Waals surface area contributed by atoms with E-state index in [1.165, 1.54) is 0 Å². The molecule has 2 N–H and O–H groups in total. The van der Waals surface area contributed by atoms with E-state index in [4.69, 9.17) is 10.2 Å². The number of benzene rings is 1. The lowest BCUT2D eigenvalue weighted by Crippen LogP contribution is -1.99. The third-order valence-electron chi connectivity index (χ3n) is 1.88. The summed E-state index contributed by atoms with van der Waals surface area (Å²) in [5.41, 5.74) is 1.97. The van der Waals surface area contributed by atoms with Crippen LogP contribution in [0, 0.1) is 0 Å². The zero-order valence-corrected chi connectivity index (χ0v) is 9.17. The Morgan fingerprint density at radius 2 is 1.80 bits per heavy atom. The fourth-order valence-corrected chi connectivity index (χ4v) is 1.88. The number of rotatable bonds is 6. The molecule has 0 saturated carbocycles. The summed E-state index contributed by atoms with van der Waals surface area (Å²) in [6.45, 7) is 0.196. The SMILES string of the molecule is O=C(O)Cc1ccc(CSCCO)cc1. The first-order valence-electron chi connectivity index (χ1n) is 4.70. The molecule has 0 aromatic heterocycles. The second kappa shape index (κ2) is 6.48. The molecule has 1 aromatic carbocycles. The van der Waals surface area contributed by atoms with Gasteiger partial charge in [-0.3, -0.25) is 4.79 Å². The third-order valence-corrected chi connectivity index (χ3v) is 2.89. The molecule has 0 fully saturated rings. The average molecular weight is 226 g/mol. The van der Waals surface area contributed by atoms with Crippen LogP contribution in [0.4, 0.5) is 0 Å². The number of aliphatic hydroxyl groups excluding tert-OH is 1. The molecule has 3 nitrogen and oxygen atoms in total. The lowest BCUT2D eigenvalue weighted by Gasteiger charge is -2.02. The number of carbonyl (C=O) groups is 1. The van der Waals surface area contributed by atoms with Crippen molar-refractivity contribution in [3.8, 4) is 0 Å². The molecule has 0 unspecified atom stereocenters. The molecule has 0 radical (unpaired) electrons. The van der Waals surface area contributed by atoms with Crippen LogP contribution in [0.5, 0.6) is 0 Å². The summed E-state index contributed by atoms with van der Waals surface area (Å²) in [5.74, 6) is 0.780. The number of thioether (sulfide) groups is 1. The van der Waals surface area contributed by atoms with Crippen molar-refractivity contribution < 1.29 is 15.0 Å². The number of aliphatic carboxylic acids is 1. The van der Waals surface area contributed by atoms with Crippen molar-refractivity contribution in [1.82, 2.24) is 0 Å². The molecule has 0 spiro atoms. The smallest absolute Gasteiger partial charge is 0.307 e.